The second kappa shape index (κ2) is 5.39. The van der Waals surface area contributed by atoms with Gasteiger partial charge in [-0.25, -0.2) is 0 Å². The second-order valence-electron chi connectivity index (χ2n) is 5.94. The van der Waals surface area contributed by atoms with Gasteiger partial charge in [-0.15, -0.1) is 0 Å². The third kappa shape index (κ3) is 3.53. The van der Waals surface area contributed by atoms with Gasteiger partial charge in [-0.3, -0.25) is 9.69 Å². The van der Waals surface area contributed by atoms with Crippen LogP contribution in [0.25, 0.3) is 0 Å². The molecule has 0 amide bonds. The minimum Gasteiger partial charge on any atom is -0.542 e. The number of carbonyl (C=O) groups excluding carboxylic acids is 2. The average molecular weight is 249 g/mol. The van der Waals surface area contributed by atoms with E-state index in [-0.39, 0.29) is 40.6 Å². The summed E-state index contributed by atoms with van der Waals surface area (Å²) in [5.41, 5.74) is -0.338. The van der Waals surface area contributed by atoms with Crippen molar-refractivity contribution in [3.05, 3.63) is 0 Å². The van der Waals surface area contributed by atoms with Gasteiger partial charge in [0, 0.05) is 17.0 Å². The Morgan fingerprint density at radius 3 is 1.76 bits per heavy atom. The predicted octanol–water partition coefficient (Wildman–Crippen LogP) is -2.79. The molecule has 0 unspecified atom stereocenters. The maximum absolute atomic E-state index is 11.5. The zero-order valence-electron chi connectivity index (χ0n) is 11.7. The molecule has 0 atom stereocenters. The third-order valence-electron chi connectivity index (χ3n) is 3.88. The molecule has 1 aliphatic heterocycles. The van der Waals surface area contributed by atoms with Gasteiger partial charge in [0.15, 0.2) is 5.78 Å². The van der Waals surface area contributed by atoms with E-state index in [1.165, 1.54) is 0 Å². The Labute approximate surface area is 125 Å². The van der Waals surface area contributed by atoms with E-state index in [0.29, 0.717) is 12.8 Å². The summed E-state index contributed by atoms with van der Waals surface area (Å²) >= 11 is 0. The number of piperidine rings is 1. The molecule has 1 rings (SSSR count). The molecule has 1 heterocycles. The molecule has 92 valence electrons. The van der Waals surface area contributed by atoms with Gasteiger partial charge in [-0.2, -0.15) is 0 Å². The van der Waals surface area contributed by atoms with Crippen LogP contribution in [0.3, 0.4) is 0 Å². The number of nitrogens with zero attached hydrogens (tertiary/aromatic N) is 1. The number of carboxylic acids is 1. The Kier molecular flexibility index (Phi) is 5.42. The average Bonchev–Trinajstić information content (AvgIpc) is 2.11. The van der Waals surface area contributed by atoms with Crippen LogP contribution in [0.15, 0.2) is 0 Å². The fourth-order valence-corrected chi connectivity index (χ4v) is 2.72. The van der Waals surface area contributed by atoms with Crippen LogP contribution in [0, 0.1) is 5.92 Å². The molecule has 0 spiro atoms. The SMILES string of the molecule is CN1C(C)(C)CC(C(=O)C(=O)[O-])CC1(C)C.[Na+]. The van der Waals surface area contributed by atoms with Crippen molar-refractivity contribution < 1.29 is 44.3 Å². The molecule has 1 fully saturated rings. The van der Waals surface area contributed by atoms with Gasteiger partial charge in [-0.05, 0) is 47.6 Å². The molecule has 1 saturated heterocycles. The molecule has 0 radical (unpaired) electrons. The minimum atomic E-state index is -1.55. The molecular weight excluding hydrogens is 229 g/mol. The molecule has 0 aromatic rings. The number of carboxylic acid groups (broad SMARTS) is 1. The summed E-state index contributed by atoms with van der Waals surface area (Å²) < 4.78 is 0. The minimum absolute atomic E-state index is 0. The van der Waals surface area contributed by atoms with E-state index in [1.54, 1.807) is 0 Å². The van der Waals surface area contributed by atoms with Gasteiger partial charge >= 0.3 is 29.6 Å². The van der Waals surface area contributed by atoms with Gasteiger partial charge in [0.2, 0.25) is 0 Å². The number of hydrogen-bond donors (Lipinski definition) is 0. The maximum atomic E-state index is 11.5. The largest absolute Gasteiger partial charge is 1.00 e. The van der Waals surface area contributed by atoms with E-state index in [9.17, 15) is 14.7 Å². The Hall–Kier alpha value is 0.100. The summed E-state index contributed by atoms with van der Waals surface area (Å²) in [5.74, 6) is -2.73. The van der Waals surface area contributed by atoms with E-state index >= 15 is 0 Å². The van der Waals surface area contributed by atoms with Crippen LogP contribution in [-0.2, 0) is 9.59 Å². The van der Waals surface area contributed by atoms with Crippen LogP contribution in [0.1, 0.15) is 40.5 Å². The van der Waals surface area contributed by atoms with Crippen LogP contribution in [0.4, 0.5) is 0 Å². The van der Waals surface area contributed by atoms with Gasteiger partial charge in [-0.1, -0.05) is 0 Å². The van der Waals surface area contributed by atoms with Crippen molar-refractivity contribution in [2.24, 2.45) is 5.92 Å². The van der Waals surface area contributed by atoms with Gasteiger partial charge in [0.25, 0.3) is 0 Å². The Balaban J connectivity index is 0.00000256. The van der Waals surface area contributed by atoms with E-state index in [0.717, 1.165) is 0 Å². The molecule has 1 aliphatic rings. The van der Waals surface area contributed by atoms with Crippen LogP contribution in [0.5, 0.6) is 0 Å². The van der Waals surface area contributed by atoms with Crippen LogP contribution >= 0.6 is 0 Å². The van der Waals surface area contributed by atoms with E-state index in [1.807, 2.05) is 34.7 Å². The Morgan fingerprint density at radius 2 is 1.47 bits per heavy atom. The molecule has 5 heteroatoms. The van der Waals surface area contributed by atoms with Gasteiger partial charge in [0.1, 0.15) is 5.97 Å². The van der Waals surface area contributed by atoms with Crippen molar-refractivity contribution >= 4 is 11.8 Å². The first-order valence-corrected chi connectivity index (χ1v) is 5.57. The van der Waals surface area contributed by atoms with E-state index in [4.69, 9.17) is 0 Å². The number of ketones is 1. The fourth-order valence-electron chi connectivity index (χ4n) is 2.72. The van der Waals surface area contributed by atoms with Gasteiger partial charge in [0.05, 0.1) is 0 Å². The van der Waals surface area contributed by atoms with Crippen molar-refractivity contribution in [1.82, 2.24) is 4.90 Å². The summed E-state index contributed by atoms with van der Waals surface area (Å²) in [4.78, 5) is 24.3. The normalized spacial score (nSPS) is 23.8. The molecule has 0 saturated carbocycles. The topological polar surface area (TPSA) is 60.4 Å². The standard InChI is InChI=1S/C12H21NO3.Na/c1-11(2)6-8(9(14)10(15)16)7-12(3,4)13(11)5;/h8H,6-7H2,1-5H3,(H,15,16);/q;+1/p-1. The number of rotatable bonds is 2. The van der Waals surface area contributed by atoms with Crippen molar-refractivity contribution in [1.29, 1.82) is 0 Å². The molecule has 17 heavy (non-hydrogen) atoms. The molecular formula is C12H20NNaO3. The van der Waals surface area contributed by atoms with Crippen LogP contribution in [0.2, 0.25) is 0 Å². The zero-order chi connectivity index (χ0) is 12.7. The smallest absolute Gasteiger partial charge is 0.542 e. The summed E-state index contributed by atoms with van der Waals surface area (Å²) in [6.45, 7) is 8.12. The molecule has 0 aliphatic carbocycles. The molecule has 4 nitrogen and oxygen atoms in total. The molecule has 0 aromatic carbocycles. The predicted molar refractivity (Wildman–Crippen MR) is 58.7 cm³/mol. The summed E-state index contributed by atoms with van der Waals surface area (Å²) in [6.07, 6.45) is 1.14. The monoisotopic (exact) mass is 249 g/mol. The summed E-state index contributed by atoms with van der Waals surface area (Å²) in [6, 6.07) is 0. The molecule has 0 bridgehead atoms. The molecule has 0 aromatic heterocycles. The third-order valence-corrected chi connectivity index (χ3v) is 3.88. The van der Waals surface area contributed by atoms with Gasteiger partial charge < -0.3 is 9.90 Å². The van der Waals surface area contributed by atoms with E-state index < -0.39 is 17.7 Å². The summed E-state index contributed by atoms with van der Waals surface area (Å²) in [7, 11) is 2.01. The van der Waals surface area contributed by atoms with Crippen LogP contribution < -0.4 is 34.7 Å². The number of likely N-dealkylation sites (tertiary alicyclic amines) is 1. The number of hydrogen-bond acceptors (Lipinski definition) is 4. The quantitative estimate of drug-likeness (QED) is 0.392. The first-order valence-electron chi connectivity index (χ1n) is 5.57. The van der Waals surface area contributed by atoms with Crippen molar-refractivity contribution in [3.8, 4) is 0 Å². The number of Topliss-reactive ketones (excluding diaryl/α,β-unsaturated/α-hetero) is 1. The van der Waals surface area contributed by atoms with Crippen molar-refractivity contribution in [2.75, 3.05) is 7.05 Å². The second-order valence-corrected chi connectivity index (χ2v) is 5.94. The molecule has 0 N–H and O–H groups in total. The summed E-state index contributed by atoms with van der Waals surface area (Å²) in [5, 5.41) is 10.6. The van der Waals surface area contributed by atoms with Crippen LogP contribution in [-0.4, -0.2) is 34.8 Å². The fraction of sp³-hybridized carbons (Fsp3) is 0.833. The first-order chi connectivity index (χ1) is 7.08. The zero-order valence-corrected chi connectivity index (χ0v) is 13.7. The van der Waals surface area contributed by atoms with Crippen molar-refractivity contribution in [3.63, 3.8) is 0 Å². The van der Waals surface area contributed by atoms with Crippen molar-refractivity contribution in [2.45, 2.75) is 51.6 Å². The number of carbonyl (C=O) groups is 2. The maximum Gasteiger partial charge on any atom is 1.00 e. The number of aliphatic carboxylic acids is 1. The van der Waals surface area contributed by atoms with E-state index in [2.05, 4.69) is 4.90 Å². The Morgan fingerprint density at radius 1 is 1.12 bits per heavy atom. The first kappa shape index (κ1) is 17.1. The Bertz CT molecular complexity index is 308.